The SMILES string of the molecule is O=C(NCCn1ccnc1)NCC(O)c1ccc(F)c(F)c1. The fourth-order valence-electron chi connectivity index (χ4n) is 1.81. The number of imidazole rings is 1. The van der Waals surface area contributed by atoms with Crippen molar-refractivity contribution in [2.75, 3.05) is 13.1 Å². The summed E-state index contributed by atoms with van der Waals surface area (Å²) >= 11 is 0. The number of urea groups is 1. The summed E-state index contributed by atoms with van der Waals surface area (Å²) in [5.74, 6) is -2.03. The second-order valence-electron chi connectivity index (χ2n) is 4.63. The van der Waals surface area contributed by atoms with E-state index in [4.69, 9.17) is 0 Å². The molecule has 0 saturated heterocycles. The molecule has 0 bridgehead atoms. The van der Waals surface area contributed by atoms with Gasteiger partial charge in [-0.25, -0.2) is 18.6 Å². The van der Waals surface area contributed by atoms with Crippen molar-refractivity contribution in [2.24, 2.45) is 0 Å². The number of halogens is 2. The Morgan fingerprint density at radius 1 is 1.32 bits per heavy atom. The first-order valence-corrected chi connectivity index (χ1v) is 6.66. The largest absolute Gasteiger partial charge is 0.387 e. The molecule has 6 nitrogen and oxygen atoms in total. The molecule has 0 aliphatic rings. The second-order valence-corrected chi connectivity index (χ2v) is 4.63. The third kappa shape index (κ3) is 4.52. The lowest BCUT2D eigenvalue weighted by molar-refractivity contribution is 0.172. The first-order chi connectivity index (χ1) is 10.6. The van der Waals surface area contributed by atoms with Gasteiger partial charge in [0.2, 0.25) is 0 Å². The third-order valence-electron chi connectivity index (χ3n) is 3.00. The van der Waals surface area contributed by atoms with Crippen LogP contribution < -0.4 is 10.6 Å². The Morgan fingerprint density at radius 3 is 2.82 bits per heavy atom. The van der Waals surface area contributed by atoms with Gasteiger partial charge in [0.25, 0.3) is 0 Å². The molecule has 1 unspecified atom stereocenters. The predicted octanol–water partition coefficient (Wildman–Crippen LogP) is 1.19. The lowest BCUT2D eigenvalue weighted by Crippen LogP contribution is -2.39. The normalized spacial score (nSPS) is 12.0. The maximum absolute atomic E-state index is 13.0. The van der Waals surface area contributed by atoms with Crippen LogP contribution in [0.2, 0.25) is 0 Å². The average Bonchev–Trinajstić information content (AvgIpc) is 3.01. The minimum atomic E-state index is -1.12. The number of nitrogens with zero attached hydrogens (tertiary/aromatic N) is 2. The molecule has 0 radical (unpaired) electrons. The molecular formula is C14H16F2N4O2. The van der Waals surface area contributed by atoms with Crippen molar-refractivity contribution >= 4 is 6.03 Å². The number of carbonyl (C=O) groups is 1. The zero-order chi connectivity index (χ0) is 15.9. The molecule has 2 aromatic rings. The molecule has 0 saturated carbocycles. The minimum absolute atomic E-state index is 0.109. The Morgan fingerprint density at radius 2 is 2.14 bits per heavy atom. The summed E-state index contributed by atoms with van der Waals surface area (Å²) in [5.41, 5.74) is 0.192. The summed E-state index contributed by atoms with van der Waals surface area (Å²) in [6.07, 6.45) is 3.92. The summed E-state index contributed by atoms with van der Waals surface area (Å²) in [6, 6.07) is 2.64. The van der Waals surface area contributed by atoms with Crippen LogP contribution >= 0.6 is 0 Å². The van der Waals surface area contributed by atoms with Crippen molar-refractivity contribution in [3.63, 3.8) is 0 Å². The molecule has 0 aliphatic heterocycles. The maximum atomic E-state index is 13.0. The van der Waals surface area contributed by atoms with Crippen LogP contribution in [0.25, 0.3) is 0 Å². The Hall–Kier alpha value is -2.48. The van der Waals surface area contributed by atoms with E-state index in [1.165, 1.54) is 6.07 Å². The quantitative estimate of drug-likeness (QED) is 0.750. The smallest absolute Gasteiger partial charge is 0.314 e. The van der Waals surface area contributed by atoms with E-state index in [0.29, 0.717) is 13.1 Å². The molecule has 2 rings (SSSR count). The van der Waals surface area contributed by atoms with Gasteiger partial charge >= 0.3 is 6.03 Å². The summed E-state index contributed by atoms with van der Waals surface area (Å²) in [4.78, 5) is 15.4. The molecule has 8 heteroatoms. The van der Waals surface area contributed by atoms with Crippen molar-refractivity contribution < 1.29 is 18.7 Å². The fourth-order valence-corrected chi connectivity index (χ4v) is 1.81. The molecular weight excluding hydrogens is 294 g/mol. The average molecular weight is 310 g/mol. The fraction of sp³-hybridized carbons (Fsp3) is 0.286. The van der Waals surface area contributed by atoms with Crippen LogP contribution in [-0.2, 0) is 6.54 Å². The number of aliphatic hydroxyl groups is 1. The van der Waals surface area contributed by atoms with E-state index in [1.54, 1.807) is 23.3 Å². The van der Waals surface area contributed by atoms with Crippen LogP contribution in [0.3, 0.4) is 0 Å². The summed E-state index contributed by atoms with van der Waals surface area (Å²) < 4.78 is 27.6. The lowest BCUT2D eigenvalue weighted by atomic mass is 10.1. The van der Waals surface area contributed by atoms with E-state index in [1.807, 2.05) is 0 Å². The molecule has 118 valence electrons. The van der Waals surface area contributed by atoms with E-state index >= 15 is 0 Å². The van der Waals surface area contributed by atoms with Crippen LogP contribution in [0.5, 0.6) is 0 Å². The monoisotopic (exact) mass is 310 g/mol. The van der Waals surface area contributed by atoms with Gasteiger partial charge in [-0.2, -0.15) is 0 Å². The molecule has 1 aromatic carbocycles. The highest BCUT2D eigenvalue weighted by Crippen LogP contribution is 2.15. The Balaban J connectivity index is 1.72. The molecule has 2 amide bonds. The van der Waals surface area contributed by atoms with Crippen LogP contribution in [-0.4, -0.2) is 33.8 Å². The molecule has 0 aliphatic carbocycles. The van der Waals surface area contributed by atoms with Crippen LogP contribution in [0.1, 0.15) is 11.7 Å². The van der Waals surface area contributed by atoms with E-state index in [2.05, 4.69) is 15.6 Å². The molecule has 1 atom stereocenters. The van der Waals surface area contributed by atoms with Gasteiger partial charge in [-0.1, -0.05) is 6.07 Å². The summed E-state index contributed by atoms with van der Waals surface area (Å²) in [5, 5.41) is 14.9. The molecule has 1 aromatic heterocycles. The van der Waals surface area contributed by atoms with E-state index < -0.39 is 23.8 Å². The minimum Gasteiger partial charge on any atom is -0.387 e. The van der Waals surface area contributed by atoms with Crippen molar-refractivity contribution in [1.82, 2.24) is 20.2 Å². The van der Waals surface area contributed by atoms with Crippen molar-refractivity contribution in [3.8, 4) is 0 Å². The third-order valence-corrected chi connectivity index (χ3v) is 3.00. The van der Waals surface area contributed by atoms with Gasteiger partial charge in [0.1, 0.15) is 0 Å². The number of carbonyl (C=O) groups excluding carboxylic acids is 1. The number of rotatable bonds is 6. The first-order valence-electron chi connectivity index (χ1n) is 6.66. The highest BCUT2D eigenvalue weighted by atomic mass is 19.2. The van der Waals surface area contributed by atoms with Gasteiger partial charge in [-0.05, 0) is 17.7 Å². The number of amides is 2. The zero-order valence-electron chi connectivity index (χ0n) is 11.7. The maximum Gasteiger partial charge on any atom is 0.314 e. The molecule has 22 heavy (non-hydrogen) atoms. The number of aromatic nitrogens is 2. The number of hydrogen-bond acceptors (Lipinski definition) is 3. The molecule has 3 N–H and O–H groups in total. The number of hydrogen-bond donors (Lipinski definition) is 3. The lowest BCUT2D eigenvalue weighted by Gasteiger charge is -2.13. The Labute approximate surface area is 125 Å². The van der Waals surface area contributed by atoms with Gasteiger partial charge in [0.15, 0.2) is 11.6 Å². The summed E-state index contributed by atoms with van der Waals surface area (Å²) in [7, 11) is 0. The van der Waals surface area contributed by atoms with Gasteiger partial charge in [-0.3, -0.25) is 0 Å². The molecule has 0 spiro atoms. The van der Waals surface area contributed by atoms with E-state index in [9.17, 15) is 18.7 Å². The van der Waals surface area contributed by atoms with Gasteiger partial charge in [0.05, 0.1) is 12.4 Å². The van der Waals surface area contributed by atoms with Crippen molar-refractivity contribution in [2.45, 2.75) is 12.6 Å². The van der Waals surface area contributed by atoms with Crippen LogP contribution in [0.15, 0.2) is 36.9 Å². The number of aliphatic hydroxyl groups excluding tert-OH is 1. The highest BCUT2D eigenvalue weighted by molar-refractivity contribution is 5.73. The second kappa shape index (κ2) is 7.51. The van der Waals surface area contributed by atoms with Gasteiger partial charge in [0, 0.05) is 32.0 Å². The van der Waals surface area contributed by atoms with Crippen LogP contribution in [0, 0.1) is 11.6 Å². The molecule has 0 fully saturated rings. The van der Waals surface area contributed by atoms with Crippen LogP contribution in [0.4, 0.5) is 13.6 Å². The van der Waals surface area contributed by atoms with E-state index in [-0.39, 0.29) is 12.1 Å². The standard InChI is InChI=1S/C14H16F2N4O2/c15-11-2-1-10(7-12(11)16)13(21)8-19-14(22)18-4-6-20-5-3-17-9-20/h1-3,5,7,9,13,21H,4,6,8H2,(H2,18,19,22). The zero-order valence-corrected chi connectivity index (χ0v) is 11.7. The number of nitrogens with one attached hydrogen (secondary N) is 2. The predicted molar refractivity (Wildman–Crippen MR) is 74.9 cm³/mol. The van der Waals surface area contributed by atoms with Crippen molar-refractivity contribution in [3.05, 3.63) is 54.1 Å². The molecule has 1 heterocycles. The Bertz CT molecular complexity index is 619. The number of benzene rings is 1. The van der Waals surface area contributed by atoms with Gasteiger partial charge in [-0.15, -0.1) is 0 Å². The Kier molecular flexibility index (Phi) is 5.42. The topological polar surface area (TPSA) is 79.2 Å². The summed E-state index contributed by atoms with van der Waals surface area (Å²) in [6.45, 7) is 0.852. The highest BCUT2D eigenvalue weighted by Gasteiger charge is 2.12. The van der Waals surface area contributed by atoms with Gasteiger partial charge < -0.3 is 20.3 Å². The van der Waals surface area contributed by atoms with E-state index in [0.717, 1.165) is 12.1 Å². The van der Waals surface area contributed by atoms with Crippen molar-refractivity contribution in [1.29, 1.82) is 0 Å². The first kappa shape index (κ1) is 15.9.